The average molecular weight is 1060 g/mol. The maximum Gasteiger partial charge on any atom is 0.221 e. The van der Waals surface area contributed by atoms with Crippen LogP contribution in [-0.2, 0) is 14.4 Å². The fraction of sp³-hybridized carbons (Fsp3) is 0.951. The molecule has 442 valence electrons. The molecule has 0 aromatic carbocycles. The molecule has 0 aromatic heterocycles. The highest BCUT2D eigenvalue weighted by atomic mass is 16.3. The summed E-state index contributed by atoms with van der Waals surface area (Å²) in [4.78, 5) is 43.1. The number of aliphatic hydroxyl groups is 4. The van der Waals surface area contributed by atoms with Gasteiger partial charge in [-0.25, -0.2) is 0 Å². The molecule has 0 aliphatic heterocycles. The van der Waals surface area contributed by atoms with Crippen LogP contribution in [0.3, 0.4) is 0 Å². The van der Waals surface area contributed by atoms with Crippen LogP contribution in [0, 0.1) is 0 Å². The minimum Gasteiger partial charge on any atom is -0.396 e. The number of carbonyl (C=O) groups is 3. The smallest absolute Gasteiger partial charge is 0.221 e. The predicted octanol–water partition coefficient (Wildman–Crippen LogP) is 11.5. The fourth-order valence-corrected chi connectivity index (χ4v) is 9.43. The van der Waals surface area contributed by atoms with Crippen LogP contribution in [0.25, 0.3) is 0 Å². The van der Waals surface area contributed by atoms with Gasteiger partial charge in [0.2, 0.25) is 17.7 Å². The highest BCUT2D eigenvalue weighted by molar-refractivity contribution is 5.76. The Labute approximate surface area is 457 Å². The zero-order chi connectivity index (χ0) is 54.5. The first kappa shape index (κ1) is 74.2. The van der Waals surface area contributed by atoms with Crippen molar-refractivity contribution in [1.29, 1.82) is 0 Å². The van der Waals surface area contributed by atoms with Gasteiger partial charge in [-0.3, -0.25) is 24.2 Å². The van der Waals surface area contributed by atoms with E-state index in [0.717, 1.165) is 64.7 Å². The van der Waals surface area contributed by atoms with Gasteiger partial charge in [-0.1, -0.05) is 213 Å². The van der Waals surface area contributed by atoms with Crippen LogP contribution in [0.2, 0.25) is 0 Å². The van der Waals surface area contributed by atoms with Gasteiger partial charge in [0, 0.05) is 97.9 Å². The second kappa shape index (κ2) is 63.7. The minimum atomic E-state index is 0.0435. The molecular weight excluding hydrogens is 929 g/mol. The summed E-state index contributed by atoms with van der Waals surface area (Å²) in [5.41, 5.74) is 0. The molecule has 0 fully saturated rings. The summed E-state index contributed by atoms with van der Waals surface area (Å²) in [6.45, 7) is 15.3. The third kappa shape index (κ3) is 59.4. The Morgan fingerprint density at radius 2 is 0.486 bits per heavy atom. The Kier molecular flexibility index (Phi) is 63.8. The lowest BCUT2D eigenvalue weighted by molar-refractivity contribution is -0.122. The standard InChI is InChI=1S/C38H78N4O4.C23H48N2O3/c1-3-5-7-9-11-13-15-17-19-21-23-27-39-37(45)25-29-41(33-35-43)31-32-42(34-36-44)30-26-38(46)40-28-24-22-20-18-16-14-12-10-8-6-4-2;1-2-3-4-5-6-7-8-9-10-11-13-17-24-23(28)16-19-25(20-22-27)18-14-12-15-21-26/h43-44H,3-36H2,1-2H3,(H,39,45)(H,40,46);26-27H,2-22H2,1H3,(H,24,28). The average Bonchev–Trinajstić information content (AvgIpc) is 3.40. The highest BCUT2D eigenvalue weighted by Gasteiger charge is 2.13. The van der Waals surface area contributed by atoms with Crippen LogP contribution in [0.5, 0.6) is 0 Å². The zero-order valence-corrected chi connectivity index (χ0v) is 49.2. The first-order valence-electron chi connectivity index (χ1n) is 31.7. The molecule has 74 heavy (non-hydrogen) atoms. The van der Waals surface area contributed by atoms with E-state index in [4.69, 9.17) is 10.2 Å². The van der Waals surface area contributed by atoms with Crippen molar-refractivity contribution in [2.75, 3.05) is 105 Å². The molecule has 0 bridgehead atoms. The van der Waals surface area contributed by atoms with Crippen molar-refractivity contribution in [3.63, 3.8) is 0 Å². The monoisotopic (exact) mass is 1050 g/mol. The molecule has 0 saturated heterocycles. The van der Waals surface area contributed by atoms with Crippen molar-refractivity contribution < 1.29 is 34.8 Å². The van der Waals surface area contributed by atoms with Crippen LogP contribution < -0.4 is 16.0 Å². The number of aliphatic hydroxyl groups excluding tert-OH is 4. The van der Waals surface area contributed by atoms with Crippen molar-refractivity contribution in [2.24, 2.45) is 0 Å². The fourth-order valence-electron chi connectivity index (χ4n) is 9.43. The van der Waals surface area contributed by atoms with E-state index >= 15 is 0 Å². The Morgan fingerprint density at radius 3 is 0.730 bits per heavy atom. The van der Waals surface area contributed by atoms with E-state index in [2.05, 4.69) is 51.4 Å². The number of nitrogens with one attached hydrogen (secondary N) is 3. The Hall–Kier alpha value is -1.87. The summed E-state index contributed by atoms with van der Waals surface area (Å²) in [7, 11) is 0. The number of nitrogens with zero attached hydrogens (tertiary/aromatic N) is 3. The van der Waals surface area contributed by atoms with E-state index in [1.165, 1.54) is 193 Å². The molecule has 7 N–H and O–H groups in total. The predicted molar refractivity (Wildman–Crippen MR) is 314 cm³/mol. The topological polar surface area (TPSA) is 178 Å². The third-order valence-electron chi connectivity index (χ3n) is 14.4. The first-order chi connectivity index (χ1) is 36.3. The maximum atomic E-state index is 12.4. The summed E-state index contributed by atoms with van der Waals surface area (Å²) < 4.78 is 0. The molecule has 0 radical (unpaired) electrons. The SMILES string of the molecule is CCCCCCCCCCCCCNC(=O)CCN(CCO)CCCCCO.CCCCCCCCCCCCCNC(=O)CCN(CCO)CCN(CCO)CCC(=O)NCCCCCCCCCCCCC. The van der Waals surface area contributed by atoms with E-state index in [1.807, 2.05) is 0 Å². The van der Waals surface area contributed by atoms with Gasteiger partial charge >= 0.3 is 0 Å². The van der Waals surface area contributed by atoms with Gasteiger partial charge in [-0.15, -0.1) is 0 Å². The van der Waals surface area contributed by atoms with E-state index in [1.54, 1.807) is 0 Å². The molecule has 0 unspecified atom stereocenters. The Bertz CT molecular complexity index is 1090. The number of carbonyl (C=O) groups excluding carboxylic acids is 3. The summed E-state index contributed by atoms with van der Waals surface area (Å²) in [6.07, 6.45) is 47.2. The molecule has 0 heterocycles. The van der Waals surface area contributed by atoms with Gasteiger partial charge in [0.1, 0.15) is 0 Å². The van der Waals surface area contributed by atoms with Gasteiger partial charge in [-0.2, -0.15) is 0 Å². The van der Waals surface area contributed by atoms with Crippen LogP contribution in [0.4, 0.5) is 0 Å². The van der Waals surface area contributed by atoms with Crippen molar-refractivity contribution in [3.8, 4) is 0 Å². The van der Waals surface area contributed by atoms with Crippen LogP contribution in [-0.4, -0.2) is 158 Å². The molecule has 0 saturated carbocycles. The van der Waals surface area contributed by atoms with Crippen LogP contribution in [0.1, 0.15) is 271 Å². The second-order valence-corrected chi connectivity index (χ2v) is 21.4. The van der Waals surface area contributed by atoms with Crippen molar-refractivity contribution in [2.45, 2.75) is 271 Å². The molecule has 13 heteroatoms. The van der Waals surface area contributed by atoms with Crippen molar-refractivity contribution in [3.05, 3.63) is 0 Å². The molecule has 0 atom stereocenters. The summed E-state index contributed by atoms with van der Waals surface area (Å²) >= 11 is 0. The third-order valence-corrected chi connectivity index (χ3v) is 14.4. The summed E-state index contributed by atoms with van der Waals surface area (Å²) in [6, 6.07) is 0. The molecule has 0 aliphatic carbocycles. The normalized spacial score (nSPS) is 11.4. The summed E-state index contributed by atoms with van der Waals surface area (Å²) in [5.74, 6) is 0.249. The number of hydrogen-bond donors (Lipinski definition) is 7. The lowest BCUT2D eigenvalue weighted by Gasteiger charge is -2.26. The molecular formula is C61H126N6O7. The maximum absolute atomic E-state index is 12.4. The van der Waals surface area contributed by atoms with Gasteiger partial charge in [0.25, 0.3) is 0 Å². The van der Waals surface area contributed by atoms with Crippen molar-refractivity contribution >= 4 is 17.7 Å². The van der Waals surface area contributed by atoms with Gasteiger partial charge < -0.3 is 41.3 Å². The molecule has 13 nitrogen and oxygen atoms in total. The molecule has 0 aliphatic rings. The van der Waals surface area contributed by atoms with Gasteiger partial charge in [-0.05, 0) is 45.1 Å². The molecule has 0 spiro atoms. The second-order valence-electron chi connectivity index (χ2n) is 21.4. The van der Waals surface area contributed by atoms with E-state index < -0.39 is 0 Å². The first-order valence-corrected chi connectivity index (χ1v) is 31.7. The summed E-state index contributed by atoms with van der Waals surface area (Å²) in [5, 5.41) is 46.2. The van der Waals surface area contributed by atoms with E-state index in [0.29, 0.717) is 71.6 Å². The minimum absolute atomic E-state index is 0.0435. The lowest BCUT2D eigenvalue weighted by Crippen LogP contribution is -2.40. The number of hydrogen-bond acceptors (Lipinski definition) is 10. The lowest BCUT2D eigenvalue weighted by atomic mass is 10.1. The Balaban J connectivity index is 0. The molecule has 0 aromatic rings. The van der Waals surface area contributed by atoms with Crippen LogP contribution in [0.15, 0.2) is 0 Å². The largest absolute Gasteiger partial charge is 0.396 e. The highest BCUT2D eigenvalue weighted by Crippen LogP contribution is 2.14. The molecule has 3 amide bonds. The van der Waals surface area contributed by atoms with Crippen LogP contribution >= 0.6 is 0 Å². The number of unbranched alkanes of at least 4 members (excludes halogenated alkanes) is 32. The molecule has 0 rings (SSSR count). The van der Waals surface area contributed by atoms with Gasteiger partial charge in [0.15, 0.2) is 0 Å². The Morgan fingerprint density at radius 1 is 0.257 bits per heavy atom. The zero-order valence-electron chi connectivity index (χ0n) is 49.2. The number of amides is 3. The van der Waals surface area contributed by atoms with E-state index in [-0.39, 0.29) is 44.1 Å². The van der Waals surface area contributed by atoms with Crippen molar-refractivity contribution in [1.82, 2.24) is 30.7 Å². The quantitative estimate of drug-likeness (QED) is 0.0290. The van der Waals surface area contributed by atoms with Gasteiger partial charge in [0.05, 0.1) is 19.8 Å². The number of rotatable bonds is 59. The van der Waals surface area contributed by atoms with E-state index in [9.17, 15) is 24.6 Å².